The van der Waals surface area contributed by atoms with Crippen LogP contribution < -0.4 is 0 Å². The van der Waals surface area contributed by atoms with Crippen molar-refractivity contribution in [2.45, 2.75) is 38.5 Å². The Bertz CT molecular complexity index is 218. The van der Waals surface area contributed by atoms with Gasteiger partial charge in [-0.1, -0.05) is 23.8 Å². The molecule has 0 radical (unpaired) electrons. The third-order valence-electron chi connectivity index (χ3n) is 2.14. The lowest BCUT2D eigenvalue weighted by molar-refractivity contribution is 0.721. The fourth-order valence-electron chi connectivity index (χ4n) is 1.42. The number of unbranched alkanes of at least 4 members (excludes halogenated alkanes) is 2. The maximum atomic E-state index is 8.33. The third kappa shape index (κ3) is 3.39. The summed E-state index contributed by atoms with van der Waals surface area (Å²) in [6.45, 7) is 0. The topological polar surface area (TPSA) is 23.8 Å². The molecule has 12 heavy (non-hydrogen) atoms. The zero-order valence-electron chi connectivity index (χ0n) is 7.42. The van der Waals surface area contributed by atoms with E-state index in [1.807, 2.05) is 0 Å². The van der Waals surface area contributed by atoms with E-state index in [0.717, 1.165) is 6.42 Å². The highest BCUT2D eigenvalue weighted by atomic mass is 14.2. The van der Waals surface area contributed by atoms with Crippen LogP contribution in [0, 0.1) is 11.3 Å². The van der Waals surface area contributed by atoms with Gasteiger partial charge in [0.05, 0.1) is 6.07 Å². The molecule has 0 amide bonds. The second-order valence-electron chi connectivity index (χ2n) is 3.16. The Morgan fingerprint density at radius 1 is 1.42 bits per heavy atom. The highest BCUT2D eigenvalue weighted by Gasteiger charge is 1.98. The zero-order chi connectivity index (χ0) is 8.65. The lowest BCUT2D eigenvalue weighted by Gasteiger charge is -2.07. The van der Waals surface area contributed by atoms with E-state index < -0.39 is 0 Å². The van der Waals surface area contributed by atoms with Gasteiger partial charge < -0.3 is 0 Å². The van der Waals surface area contributed by atoms with Crippen molar-refractivity contribution in [3.63, 3.8) is 0 Å². The van der Waals surface area contributed by atoms with Gasteiger partial charge in [0.15, 0.2) is 0 Å². The van der Waals surface area contributed by atoms with E-state index in [0.29, 0.717) is 6.42 Å². The van der Waals surface area contributed by atoms with E-state index in [-0.39, 0.29) is 0 Å². The normalized spacial score (nSPS) is 15.4. The van der Waals surface area contributed by atoms with Gasteiger partial charge >= 0.3 is 0 Å². The minimum atomic E-state index is 0.711. The second kappa shape index (κ2) is 5.60. The fourth-order valence-corrected chi connectivity index (χ4v) is 1.42. The van der Waals surface area contributed by atoms with Crippen LogP contribution in [0.2, 0.25) is 0 Å². The van der Waals surface area contributed by atoms with Crippen molar-refractivity contribution in [2.75, 3.05) is 0 Å². The summed E-state index contributed by atoms with van der Waals surface area (Å²) in [7, 11) is 0. The summed E-state index contributed by atoms with van der Waals surface area (Å²) >= 11 is 0. The van der Waals surface area contributed by atoms with Gasteiger partial charge in [0.2, 0.25) is 0 Å². The van der Waals surface area contributed by atoms with Crippen LogP contribution in [-0.2, 0) is 0 Å². The quantitative estimate of drug-likeness (QED) is 0.580. The molecular weight excluding hydrogens is 146 g/mol. The van der Waals surface area contributed by atoms with E-state index in [4.69, 9.17) is 5.26 Å². The van der Waals surface area contributed by atoms with Gasteiger partial charge in [-0.05, 0) is 32.1 Å². The smallest absolute Gasteiger partial charge is 0.0621 e. The van der Waals surface area contributed by atoms with E-state index in [1.54, 1.807) is 5.57 Å². The highest BCUT2D eigenvalue weighted by molar-refractivity contribution is 5.17. The number of rotatable bonds is 4. The molecule has 1 nitrogen and oxygen atoms in total. The summed E-state index contributed by atoms with van der Waals surface area (Å²) in [6, 6.07) is 2.17. The molecule has 0 saturated heterocycles. The molecule has 0 aliphatic heterocycles. The largest absolute Gasteiger partial charge is 0.198 e. The summed E-state index contributed by atoms with van der Waals surface area (Å²) in [5.74, 6) is 0. The number of allylic oxidation sites excluding steroid dienone is 4. The Morgan fingerprint density at radius 2 is 2.33 bits per heavy atom. The molecule has 0 heterocycles. The molecule has 0 spiro atoms. The van der Waals surface area contributed by atoms with Crippen molar-refractivity contribution in [3.05, 3.63) is 23.8 Å². The lowest BCUT2D eigenvalue weighted by atomic mass is 9.99. The van der Waals surface area contributed by atoms with Crippen molar-refractivity contribution in [1.29, 1.82) is 5.26 Å². The number of nitrogens with zero attached hydrogens (tertiary/aromatic N) is 1. The van der Waals surface area contributed by atoms with Gasteiger partial charge in [-0.2, -0.15) is 5.26 Å². The Balaban J connectivity index is 2.11. The molecule has 1 aliphatic carbocycles. The summed E-state index contributed by atoms with van der Waals surface area (Å²) in [5, 5.41) is 8.33. The maximum absolute atomic E-state index is 8.33. The van der Waals surface area contributed by atoms with Gasteiger partial charge in [-0.25, -0.2) is 0 Å². The van der Waals surface area contributed by atoms with Crippen molar-refractivity contribution in [3.8, 4) is 6.07 Å². The average molecular weight is 161 g/mol. The van der Waals surface area contributed by atoms with E-state index in [2.05, 4.69) is 24.3 Å². The lowest BCUT2D eigenvalue weighted by Crippen LogP contribution is -1.87. The second-order valence-corrected chi connectivity index (χ2v) is 3.16. The van der Waals surface area contributed by atoms with Crippen LogP contribution in [0.3, 0.4) is 0 Å². The van der Waals surface area contributed by atoms with Crippen molar-refractivity contribution in [2.24, 2.45) is 0 Å². The van der Waals surface area contributed by atoms with Crippen LogP contribution in [0.4, 0.5) is 0 Å². The van der Waals surface area contributed by atoms with Crippen LogP contribution in [0.15, 0.2) is 23.8 Å². The maximum Gasteiger partial charge on any atom is 0.0621 e. The number of hydrogen-bond acceptors (Lipinski definition) is 1. The van der Waals surface area contributed by atoms with E-state index >= 15 is 0 Å². The van der Waals surface area contributed by atoms with Gasteiger partial charge in [0, 0.05) is 6.42 Å². The first-order valence-corrected chi connectivity index (χ1v) is 4.65. The van der Waals surface area contributed by atoms with Crippen molar-refractivity contribution in [1.82, 2.24) is 0 Å². The van der Waals surface area contributed by atoms with Crippen molar-refractivity contribution < 1.29 is 0 Å². The van der Waals surface area contributed by atoms with Crippen LogP contribution in [0.5, 0.6) is 0 Å². The van der Waals surface area contributed by atoms with Crippen molar-refractivity contribution >= 4 is 0 Å². The van der Waals surface area contributed by atoms with Crippen LogP contribution in [-0.4, -0.2) is 0 Å². The molecule has 0 unspecified atom stereocenters. The Morgan fingerprint density at radius 3 is 3.00 bits per heavy atom. The molecular formula is C11H15N. The fraction of sp³-hybridized carbons (Fsp3) is 0.545. The molecule has 0 aromatic carbocycles. The monoisotopic (exact) mass is 161 g/mol. The molecule has 0 aromatic heterocycles. The highest BCUT2D eigenvalue weighted by Crippen LogP contribution is 2.17. The molecule has 0 aromatic rings. The predicted molar refractivity (Wildman–Crippen MR) is 50.5 cm³/mol. The summed E-state index contributed by atoms with van der Waals surface area (Å²) < 4.78 is 0. The standard InChI is InChI=1S/C11H15N/c12-10-6-2-5-9-11-7-3-1-4-8-11/h1,3,7H,2,4-6,8-9H2. The Hall–Kier alpha value is -1.03. The van der Waals surface area contributed by atoms with Gasteiger partial charge in [0.1, 0.15) is 0 Å². The minimum absolute atomic E-state index is 0.711. The van der Waals surface area contributed by atoms with Crippen LogP contribution in [0.25, 0.3) is 0 Å². The van der Waals surface area contributed by atoms with E-state index in [1.165, 1.54) is 25.7 Å². The van der Waals surface area contributed by atoms with Gasteiger partial charge in [-0.15, -0.1) is 0 Å². The first kappa shape index (κ1) is 9.06. The molecule has 64 valence electrons. The molecule has 0 bridgehead atoms. The average Bonchev–Trinajstić information content (AvgIpc) is 2.14. The third-order valence-corrected chi connectivity index (χ3v) is 2.14. The molecule has 0 saturated carbocycles. The first-order valence-electron chi connectivity index (χ1n) is 4.65. The van der Waals surface area contributed by atoms with E-state index in [9.17, 15) is 0 Å². The molecule has 1 heteroatoms. The number of hydrogen-bond donors (Lipinski definition) is 0. The number of nitriles is 1. The predicted octanol–water partition coefficient (Wildman–Crippen LogP) is 3.35. The molecule has 0 N–H and O–H groups in total. The molecule has 1 aliphatic rings. The molecule has 0 fully saturated rings. The molecule has 1 rings (SSSR count). The Kier molecular flexibility index (Phi) is 4.23. The minimum Gasteiger partial charge on any atom is -0.198 e. The summed E-state index contributed by atoms with van der Waals surface area (Å²) in [6.07, 6.45) is 13.1. The van der Waals surface area contributed by atoms with Gasteiger partial charge in [0.25, 0.3) is 0 Å². The van der Waals surface area contributed by atoms with Crippen LogP contribution in [0.1, 0.15) is 38.5 Å². The first-order chi connectivity index (χ1) is 5.93. The summed E-state index contributed by atoms with van der Waals surface area (Å²) in [4.78, 5) is 0. The summed E-state index contributed by atoms with van der Waals surface area (Å²) in [5.41, 5.74) is 1.55. The Labute approximate surface area is 74.4 Å². The van der Waals surface area contributed by atoms with Crippen LogP contribution >= 0.6 is 0 Å². The SMILES string of the molecule is N#CCCCCC1=CC=CCC1. The molecule has 0 atom stereocenters. The zero-order valence-corrected chi connectivity index (χ0v) is 7.42. The van der Waals surface area contributed by atoms with Gasteiger partial charge in [-0.3, -0.25) is 0 Å².